The number of aliphatic hydroxyl groups excluding tert-OH is 1. The third-order valence-electron chi connectivity index (χ3n) is 8.93. The van der Waals surface area contributed by atoms with Crippen molar-refractivity contribution in [2.45, 2.75) is 75.5 Å². The SMILES string of the molecule is CC(OC(=O)Nc1ccccc1)[C@]1(O)Cc2c(O)c3c(c(O)c2[C@@H](O[C@H]2C[C@H](N)[C@@H](O)[C@H](C)O2)C1)C(=O)c1ccccc1C3=O. The van der Waals surface area contributed by atoms with Crippen LogP contribution in [0.25, 0.3) is 0 Å². The molecule has 0 radical (unpaired) electrons. The van der Waals surface area contributed by atoms with E-state index in [2.05, 4.69) is 5.32 Å². The number of ketones is 2. The van der Waals surface area contributed by atoms with Crippen LogP contribution in [0.1, 0.15) is 75.8 Å². The Balaban J connectivity index is 1.41. The molecule has 0 saturated carbocycles. The number of para-hydroxylation sites is 1. The topological polar surface area (TPSA) is 198 Å². The van der Waals surface area contributed by atoms with E-state index in [0.717, 1.165) is 0 Å². The van der Waals surface area contributed by atoms with Crippen LogP contribution in [0.3, 0.4) is 0 Å². The van der Waals surface area contributed by atoms with Crippen LogP contribution < -0.4 is 11.1 Å². The zero-order valence-electron chi connectivity index (χ0n) is 24.6. The van der Waals surface area contributed by atoms with Gasteiger partial charge in [0.15, 0.2) is 17.9 Å². The molecule has 236 valence electrons. The van der Waals surface area contributed by atoms with Gasteiger partial charge in [-0.1, -0.05) is 42.5 Å². The molecule has 1 saturated heterocycles. The molecule has 45 heavy (non-hydrogen) atoms. The second kappa shape index (κ2) is 11.5. The molecule has 3 aromatic rings. The molecular formula is C33H34N2O10. The van der Waals surface area contributed by atoms with Crippen LogP contribution in [0.15, 0.2) is 54.6 Å². The largest absolute Gasteiger partial charge is 0.507 e. The highest BCUT2D eigenvalue weighted by Crippen LogP contribution is 2.52. The van der Waals surface area contributed by atoms with Crippen LogP contribution in [-0.2, 0) is 20.6 Å². The summed E-state index contributed by atoms with van der Waals surface area (Å²) in [5.74, 6) is -2.49. The van der Waals surface area contributed by atoms with Gasteiger partial charge in [-0.15, -0.1) is 0 Å². The lowest BCUT2D eigenvalue weighted by molar-refractivity contribution is -0.250. The van der Waals surface area contributed by atoms with Crippen LogP contribution in [0, 0.1) is 0 Å². The minimum absolute atomic E-state index is 0.00617. The summed E-state index contributed by atoms with van der Waals surface area (Å²) in [6, 6.07) is 13.9. The minimum atomic E-state index is -1.88. The number of phenols is 2. The third kappa shape index (κ3) is 5.34. The van der Waals surface area contributed by atoms with Crippen molar-refractivity contribution in [1.29, 1.82) is 0 Å². The van der Waals surface area contributed by atoms with E-state index < -0.39 is 71.5 Å². The number of benzene rings is 3. The highest BCUT2D eigenvalue weighted by Gasteiger charge is 2.50. The Morgan fingerprint density at radius 3 is 2.24 bits per heavy atom. The van der Waals surface area contributed by atoms with Crippen LogP contribution in [0.2, 0.25) is 0 Å². The van der Waals surface area contributed by atoms with Crippen LogP contribution in [0.5, 0.6) is 11.5 Å². The zero-order chi connectivity index (χ0) is 32.2. The van der Waals surface area contributed by atoms with Crippen LogP contribution in [0.4, 0.5) is 10.5 Å². The average Bonchev–Trinajstić information content (AvgIpc) is 3.00. The first-order valence-corrected chi connectivity index (χ1v) is 14.7. The van der Waals surface area contributed by atoms with Crippen molar-refractivity contribution >= 4 is 23.3 Å². The summed E-state index contributed by atoms with van der Waals surface area (Å²) in [4.78, 5) is 39.9. The normalized spacial score (nSPS) is 28.0. The Labute approximate surface area is 258 Å². The van der Waals surface area contributed by atoms with Gasteiger partial charge in [0.25, 0.3) is 0 Å². The standard InChI is InChI=1S/C33H34N2O10/c1-15-27(36)21(34)12-23(43-15)45-22-14-33(42,16(2)44-32(41)35-17-8-4-3-5-9-17)13-20-24(22)31(40)26-25(30(20)39)28(37)18-10-6-7-11-19(18)29(26)38/h3-11,15-16,21-23,27,36,39-40,42H,12-14,34H2,1-2H3,(H,35,41)/t15-,16?,21-,22-,23-,27-,33-/m0/s1. The summed E-state index contributed by atoms with van der Waals surface area (Å²) < 4.78 is 17.6. The predicted octanol–water partition coefficient (Wildman–Crippen LogP) is 3.07. The maximum absolute atomic E-state index is 13.6. The lowest BCUT2D eigenvalue weighted by Gasteiger charge is -2.44. The van der Waals surface area contributed by atoms with Crippen molar-refractivity contribution in [3.8, 4) is 11.5 Å². The first-order valence-electron chi connectivity index (χ1n) is 14.7. The summed E-state index contributed by atoms with van der Waals surface area (Å²) in [7, 11) is 0. The first kappa shape index (κ1) is 30.7. The number of carbonyl (C=O) groups excluding carboxylic acids is 3. The van der Waals surface area contributed by atoms with Crippen molar-refractivity contribution < 1.29 is 49.0 Å². The first-order chi connectivity index (χ1) is 21.4. The molecule has 1 amide bonds. The second-order valence-corrected chi connectivity index (χ2v) is 11.9. The van der Waals surface area contributed by atoms with Crippen molar-refractivity contribution in [3.63, 3.8) is 0 Å². The van der Waals surface area contributed by atoms with Crippen LogP contribution in [-0.4, -0.2) is 74.3 Å². The van der Waals surface area contributed by atoms with E-state index in [1.165, 1.54) is 19.1 Å². The fraction of sp³-hybridized carbons (Fsp3) is 0.364. The fourth-order valence-electron chi connectivity index (χ4n) is 6.43. The number of aromatic hydroxyl groups is 2. The van der Waals surface area contributed by atoms with Gasteiger partial charge in [0.05, 0.1) is 29.4 Å². The van der Waals surface area contributed by atoms with Crippen molar-refractivity contribution in [1.82, 2.24) is 0 Å². The Bertz CT molecular complexity index is 1670. The molecule has 1 fully saturated rings. The van der Waals surface area contributed by atoms with Gasteiger partial charge in [0.1, 0.15) is 23.2 Å². The summed E-state index contributed by atoms with van der Waals surface area (Å²) >= 11 is 0. The van der Waals surface area contributed by atoms with Crippen molar-refractivity contribution in [2.24, 2.45) is 5.73 Å². The number of aliphatic hydroxyl groups is 2. The van der Waals surface area contributed by atoms with Gasteiger partial charge in [-0.3, -0.25) is 14.9 Å². The number of ether oxygens (including phenoxy) is 3. The third-order valence-corrected chi connectivity index (χ3v) is 8.93. The summed E-state index contributed by atoms with van der Waals surface area (Å²) in [6.45, 7) is 3.09. The highest BCUT2D eigenvalue weighted by atomic mass is 16.7. The number of rotatable bonds is 5. The molecule has 1 unspecified atom stereocenters. The van der Waals surface area contributed by atoms with Crippen molar-refractivity contribution in [2.75, 3.05) is 5.32 Å². The number of fused-ring (bicyclic) bond motifs is 3. The molecule has 6 rings (SSSR count). The number of phenolic OH excluding ortho intramolecular Hbond substituents is 2. The molecule has 0 aromatic heterocycles. The number of nitrogens with one attached hydrogen (secondary N) is 1. The molecular weight excluding hydrogens is 584 g/mol. The summed E-state index contributed by atoms with van der Waals surface area (Å²) in [6.07, 6.45) is -6.49. The van der Waals surface area contributed by atoms with E-state index in [1.807, 2.05) is 0 Å². The van der Waals surface area contributed by atoms with Crippen LogP contribution >= 0.6 is 0 Å². The van der Waals surface area contributed by atoms with Gasteiger partial charge in [-0.05, 0) is 26.0 Å². The Morgan fingerprint density at radius 1 is 1.02 bits per heavy atom. The highest BCUT2D eigenvalue weighted by molar-refractivity contribution is 6.30. The molecule has 12 nitrogen and oxygen atoms in total. The summed E-state index contributed by atoms with van der Waals surface area (Å²) in [5.41, 5.74) is 4.02. The summed E-state index contributed by atoms with van der Waals surface area (Å²) in [5, 5.41) is 48.1. The number of amides is 1. The molecule has 2 aliphatic carbocycles. The molecule has 12 heteroatoms. The number of hydrogen-bond donors (Lipinski definition) is 6. The van der Waals surface area contributed by atoms with E-state index in [4.69, 9.17) is 19.9 Å². The number of nitrogens with two attached hydrogens (primary N) is 1. The Morgan fingerprint density at radius 2 is 1.62 bits per heavy atom. The molecule has 1 heterocycles. The number of anilines is 1. The van der Waals surface area contributed by atoms with Crippen molar-refractivity contribution in [3.05, 3.63) is 88.0 Å². The Hall–Kier alpha value is -4.33. The predicted molar refractivity (Wildman–Crippen MR) is 159 cm³/mol. The second-order valence-electron chi connectivity index (χ2n) is 11.9. The maximum Gasteiger partial charge on any atom is 0.411 e. The number of hydrogen-bond acceptors (Lipinski definition) is 11. The van der Waals surface area contributed by atoms with Gasteiger partial charge in [-0.25, -0.2) is 4.79 Å². The van der Waals surface area contributed by atoms with Gasteiger partial charge < -0.3 is 40.4 Å². The Kier molecular flexibility index (Phi) is 7.88. The van der Waals surface area contributed by atoms with Gasteiger partial charge in [-0.2, -0.15) is 0 Å². The van der Waals surface area contributed by atoms with E-state index in [9.17, 15) is 34.8 Å². The van der Waals surface area contributed by atoms with Gasteiger partial charge in [0.2, 0.25) is 0 Å². The van der Waals surface area contributed by atoms with E-state index >= 15 is 0 Å². The van der Waals surface area contributed by atoms with Gasteiger partial charge >= 0.3 is 6.09 Å². The lowest BCUT2D eigenvalue weighted by atomic mass is 9.71. The minimum Gasteiger partial charge on any atom is -0.507 e. The molecule has 1 aliphatic heterocycles. The molecule has 3 aromatic carbocycles. The van der Waals surface area contributed by atoms with E-state index in [1.54, 1.807) is 49.4 Å². The van der Waals surface area contributed by atoms with E-state index in [0.29, 0.717) is 5.69 Å². The fourth-order valence-corrected chi connectivity index (χ4v) is 6.43. The molecule has 7 N–H and O–H groups in total. The smallest absolute Gasteiger partial charge is 0.411 e. The van der Waals surface area contributed by atoms with E-state index in [-0.39, 0.29) is 52.6 Å². The monoisotopic (exact) mass is 618 g/mol. The molecule has 0 spiro atoms. The number of carbonyl (C=O) groups is 3. The molecule has 0 bridgehead atoms. The van der Waals surface area contributed by atoms with Gasteiger partial charge in [0, 0.05) is 53.2 Å². The quantitative estimate of drug-likeness (QED) is 0.180. The molecule has 3 aliphatic rings. The maximum atomic E-state index is 13.6. The average molecular weight is 619 g/mol. The molecule has 7 atom stereocenters. The zero-order valence-corrected chi connectivity index (χ0v) is 24.6. The lowest BCUT2D eigenvalue weighted by Crippen LogP contribution is -2.53.